The second kappa shape index (κ2) is 6.60. The largest absolute Gasteiger partial charge is 0.360 e. The molecule has 0 saturated carbocycles. The summed E-state index contributed by atoms with van der Waals surface area (Å²) in [6, 6.07) is 12.5. The van der Waals surface area contributed by atoms with Crippen LogP contribution in [-0.2, 0) is 0 Å². The molecule has 2 aromatic rings. The van der Waals surface area contributed by atoms with E-state index in [0.29, 0.717) is 21.3 Å². The molecule has 0 bridgehead atoms. The number of ketones is 1. The molecular formula is C16H13Cl2NO. The Balaban J connectivity index is 2.04. The third kappa shape index (κ3) is 3.86. The Morgan fingerprint density at radius 1 is 1.10 bits per heavy atom. The maximum atomic E-state index is 11.9. The number of rotatable bonds is 4. The minimum absolute atomic E-state index is 0.0735. The molecule has 0 aliphatic carbocycles. The fourth-order valence-electron chi connectivity index (χ4n) is 1.63. The molecule has 0 spiro atoms. The van der Waals surface area contributed by atoms with Crippen LogP contribution in [0.5, 0.6) is 0 Å². The van der Waals surface area contributed by atoms with Gasteiger partial charge >= 0.3 is 0 Å². The van der Waals surface area contributed by atoms with Crippen LogP contribution in [-0.4, -0.2) is 5.78 Å². The van der Waals surface area contributed by atoms with Gasteiger partial charge in [0.15, 0.2) is 5.78 Å². The van der Waals surface area contributed by atoms with E-state index in [1.807, 2.05) is 19.1 Å². The Bertz CT molecular complexity index is 648. The lowest BCUT2D eigenvalue weighted by Crippen LogP contribution is -1.96. The summed E-state index contributed by atoms with van der Waals surface area (Å²) in [4.78, 5) is 11.9. The topological polar surface area (TPSA) is 29.1 Å². The third-order valence-electron chi connectivity index (χ3n) is 2.74. The lowest BCUT2D eigenvalue weighted by atomic mass is 10.1. The number of halogens is 2. The van der Waals surface area contributed by atoms with Gasteiger partial charge in [-0.3, -0.25) is 4.79 Å². The maximum Gasteiger partial charge on any atom is 0.187 e. The lowest BCUT2D eigenvalue weighted by molar-refractivity contribution is 0.104. The van der Waals surface area contributed by atoms with Gasteiger partial charge in [0.2, 0.25) is 0 Å². The second-order valence-electron chi connectivity index (χ2n) is 4.33. The van der Waals surface area contributed by atoms with E-state index in [1.165, 1.54) is 6.08 Å². The molecule has 0 heterocycles. The van der Waals surface area contributed by atoms with E-state index in [4.69, 9.17) is 23.2 Å². The van der Waals surface area contributed by atoms with Crippen LogP contribution in [0.4, 0.5) is 5.69 Å². The fourth-order valence-corrected chi connectivity index (χ4v) is 1.97. The highest BCUT2D eigenvalue weighted by molar-refractivity contribution is 6.35. The molecule has 0 amide bonds. The molecule has 0 aromatic heterocycles. The van der Waals surface area contributed by atoms with Crippen molar-refractivity contribution >= 4 is 34.7 Å². The Kier molecular flexibility index (Phi) is 4.83. The molecule has 0 saturated heterocycles. The van der Waals surface area contributed by atoms with Crippen LogP contribution >= 0.6 is 23.2 Å². The number of carbonyl (C=O) groups is 1. The summed E-state index contributed by atoms with van der Waals surface area (Å²) in [6.07, 6.45) is 3.02. The molecular weight excluding hydrogens is 293 g/mol. The number of aryl methyl sites for hydroxylation is 1. The zero-order chi connectivity index (χ0) is 14.5. The van der Waals surface area contributed by atoms with Crippen molar-refractivity contribution in [1.29, 1.82) is 0 Å². The quantitative estimate of drug-likeness (QED) is 0.628. The van der Waals surface area contributed by atoms with Gasteiger partial charge in [0.25, 0.3) is 0 Å². The van der Waals surface area contributed by atoms with Gasteiger partial charge in [0.05, 0.1) is 10.7 Å². The molecule has 4 heteroatoms. The molecule has 1 N–H and O–H groups in total. The average Bonchev–Trinajstić information content (AvgIpc) is 2.43. The van der Waals surface area contributed by atoms with E-state index in [1.54, 1.807) is 36.5 Å². The summed E-state index contributed by atoms with van der Waals surface area (Å²) < 4.78 is 0. The van der Waals surface area contributed by atoms with Crippen molar-refractivity contribution < 1.29 is 4.79 Å². The molecule has 20 heavy (non-hydrogen) atoms. The molecule has 2 aromatic carbocycles. The Morgan fingerprint density at radius 2 is 1.80 bits per heavy atom. The first-order valence-electron chi connectivity index (χ1n) is 6.05. The van der Waals surface area contributed by atoms with Crippen molar-refractivity contribution in [3.8, 4) is 0 Å². The number of nitrogens with one attached hydrogen (secondary N) is 1. The molecule has 2 rings (SSSR count). The lowest BCUT2D eigenvalue weighted by Gasteiger charge is -2.04. The molecule has 2 nitrogen and oxygen atoms in total. The summed E-state index contributed by atoms with van der Waals surface area (Å²) in [5.41, 5.74) is 2.42. The van der Waals surface area contributed by atoms with Crippen LogP contribution in [0.3, 0.4) is 0 Å². The van der Waals surface area contributed by atoms with E-state index in [2.05, 4.69) is 5.32 Å². The average molecular weight is 306 g/mol. The number of anilines is 1. The number of hydrogen-bond donors (Lipinski definition) is 1. The van der Waals surface area contributed by atoms with Crippen LogP contribution in [0.2, 0.25) is 10.0 Å². The highest BCUT2D eigenvalue weighted by atomic mass is 35.5. The van der Waals surface area contributed by atoms with Crippen molar-refractivity contribution in [2.75, 3.05) is 5.32 Å². The molecule has 0 atom stereocenters. The summed E-state index contributed by atoms with van der Waals surface area (Å²) in [6.45, 7) is 1.98. The van der Waals surface area contributed by atoms with Crippen molar-refractivity contribution in [2.45, 2.75) is 6.92 Å². The maximum absolute atomic E-state index is 11.9. The summed E-state index contributed by atoms with van der Waals surface area (Å²) in [5, 5.41) is 4.07. The first-order valence-corrected chi connectivity index (χ1v) is 6.81. The van der Waals surface area contributed by atoms with Gasteiger partial charge in [0, 0.05) is 22.9 Å². The van der Waals surface area contributed by atoms with Crippen molar-refractivity contribution in [3.05, 3.63) is 75.9 Å². The molecule has 0 radical (unpaired) electrons. The Morgan fingerprint density at radius 3 is 2.50 bits per heavy atom. The van der Waals surface area contributed by atoms with Crippen LogP contribution in [0, 0.1) is 6.92 Å². The van der Waals surface area contributed by atoms with Crippen molar-refractivity contribution in [3.63, 3.8) is 0 Å². The zero-order valence-corrected chi connectivity index (χ0v) is 12.4. The standard InChI is InChI=1S/C16H13Cl2NO/c1-11-2-4-12(5-3-11)16(20)8-9-19-15-10-13(17)6-7-14(15)18/h2-10,19H,1H3/b9-8-. The highest BCUT2D eigenvalue weighted by Gasteiger charge is 2.01. The van der Waals surface area contributed by atoms with Crippen LogP contribution in [0.1, 0.15) is 15.9 Å². The smallest absolute Gasteiger partial charge is 0.187 e. The van der Waals surface area contributed by atoms with Crippen LogP contribution < -0.4 is 5.32 Å². The molecule has 0 aliphatic rings. The molecule has 0 unspecified atom stereocenters. The first kappa shape index (κ1) is 14.6. The Labute approximate surface area is 128 Å². The van der Waals surface area contributed by atoms with Gasteiger partial charge in [-0.15, -0.1) is 0 Å². The SMILES string of the molecule is Cc1ccc(C(=O)/C=C\Nc2cc(Cl)ccc2Cl)cc1. The summed E-state index contributed by atoms with van der Waals surface area (Å²) in [5.74, 6) is -0.0735. The predicted molar refractivity (Wildman–Crippen MR) is 84.7 cm³/mol. The van der Waals surface area contributed by atoms with E-state index in [0.717, 1.165) is 5.56 Å². The summed E-state index contributed by atoms with van der Waals surface area (Å²) in [7, 11) is 0. The molecule has 102 valence electrons. The van der Waals surface area contributed by atoms with E-state index in [9.17, 15) is 4.79 Å². The highest BCUT2D eigenvalue weighted by Crippen LogP contribution is 2.25. The number of hydrogen-bond acceptors (Lipinski definition) is 2. The van der Waals surface area contributed by atoms with E-state index in [-0.39, 0.29) is 5.78 Å². The molecule has 0 fully saturated rings. The summed E-state index contributed by atoms with van der Waals surface area (Å²) >= 11 is 11.9. The third-order valence-corrected chi connectivity index (χ3v) is 3.30. The predicted octanol–water partition coefficient (Wildman–Crippen LogP) is 5.11. The minimum atomic E-state index is -0.0735. The van der Waals surface area contributed by atoms with Crippen LogP contribution in [0.15, 0.2) is 54.7 Å². The second-order valence-corrected chi connectivity index (χ2v) is 5.18. The van der Waals surface area contributed by atoms with Gasteiger partial charge in [-0.1, -0.05) is 53.0 Å². The van der Waals surface area contributed by atoms with Gasteiger partial charge < -0.3 is 5.32 Å². The van der Waals surface area contributed by atoms with Gasteiger partial charge in [-0.2, -0.15) is 0 Å². The van der Waals surface area contributed by atoms with Gasteiger partial charge in [-0.25, -0.2) is 0 Å². The number of benzene rings is 2. The number of allylic oxidation sites excluding steroid dienone is 1. The van der Waals surface area contributed by atoms with E-state index < -0.39 is 0 Å². The Hall–Kier alpha value is -1.77. The first-order chi connectivity index (χ1) is 9.56. The normalized spacial score (nSPS) is 10.8. The fraction of sp³-hybridized carbons (Fsp3) is 0.0625. The molecule has 0 aliphatic heterocycles. The monoisotopic (exact) mass is 305 g/mol. The van der Waals surface area contributed by atoms with Gasteiger partial charge in [-0.05, 0) is 25.1 Å². The van der Waals surface area contributed by atoms with Gasteiger partial charge in [0.1, 0.15) is 0 Å². The van der Waals surface area contributed by atoms with E-state index >= 15 is 0 Å². The zero-order valence-electron chi connectivity index (χ0n) is 10.9. The van der Waals surface area contributed by atoms with Crippen LogP contribution in [0.25, 0.3) is 0 Å². The van der Waals surface area contributed by atoms with Crippen molar-refractivity contribution in [2.24, 2.45) is 0 Å². The van der Waals surface area contributed by atoms with Crippen molar-refractivity contribution in [1.82, 2.24) is 0 Å². The minimum Gasteiger partial charge on any atom is -0.360 e. The number of carbonyl (C=O) groups excluding carboxylic acids is 1.